The smallest absolute Gasteiger partial charge is 0.218 e. The second-order valence-electron chi connectivity index (χ2n) is 5.96. The molecular formula is C15H21ClN2O3S. The van der Waals surface area contributed by atoms with Gasteiger partial charge in [-0.2, -0.15) is 0 Å². The first-order valence-electron chi connectivity index (χ1n) is 7.25. The number of hydrogen-bond donors (Lipinski definition) is 0. The molecule has 2 rings (SSSR count). The molecule has 0 N–H and O–H groups in total. The van der Waals surface area contributed by atoms with E-state index in [1.807, 2.05) is 19.9 Å². The van der Waals surface area contributed by atoms with E-state index in [0.29, 0.717) is 17.5 Å². The van der Waals surface area contributed by atoms with Crippen LogP contribution in [0.4, 0.5) is 0 Å². The molecule has 0 aliphatic carbocycles. The predicted octanol–water partition coefficient (Wildman–Crippen LogP) is 2.65. The van der Waals surface area contributed by atoms with Crippen molar-refractivity contribution in [1.29, 1.82) is 0 Å². The number of ether oxygens (including phenoxy) is 1. The number of fused-ring (bicyclic) bond motifs is 1. The maximum Gasteiger partial charge on any atom is 0.218 e. The third-order valence-electron chi connectivity index (χ3n) is 3.75. The van der Waals surface area contributed by atoms with Crippen LogP contribution in [0, 0.1) is 0 Å². The van der Waals surface area contributed by atoms with Gasteiger partial charge < -0.3 is 4.74 Å². The molecule has 0 saturated carbocycles. The summed E-state index contributed by atoms with van der Waals surface area (Å²) in [5, 5.41) is -0.00197. The Kier molecular flexibility index (Phi) is 5.12. The van der Waals surface area contributed by atoms with Crippen molar-refractivity contribution in [1.82, 2.24) is 4.98 Å². The molecule has 5 nitrogen and oxygen atoms in total. The minimum atomic E-state index is -3.07. The van der Waals surface area contributed by atoms with Crippen LogP contribution in [0.15, 0.2) is 17.3 Å². The van der Waals surface area contributed by atoms with Crippen molar-refractivity contribution in [2.75, 3.05) is 6.26 Å². The van der Waals surface area contributed by atoms with E-state index in [1.54, 1.807) is 13.1 Å². The monoisotopic (exact) mass is 344 g/mol. The summed E-state index contributed by atoms with van der Waals surface area (Å²) in [6.07, 6.45) is 3.86. The average Bonchev–Trinajstić information content (AvgIpc) is 2.36. The molecule has 1 aliphatic rings. The zero-order chi connectivity index (χ0) is 16.5. The topological polar surface area (TPSA) is 68.6 Å². The molecule has 1 aromatic rings. The third-order valence-corrected chi connectivity index (χ3v) is 5.61. The van der Waals surface area contributed by atoms with E-state index in [2.05, 4.69) is 9.98 Å². The van der Waals surface area contributed by atoms with Crippen molar-refractivity contribution >= 4 is 27.3 Å². The molecule has 1 unspecified atom stereocenters. The van der Waals surface area contributed by atoms with Gasteiger partial charge in [-0.05, 0) is 38.8 Å². The molecule has 0 amide bonds. The van der Waals surface area contributed by atoms with Crippen LogP contribution in [0.25, 0.3) is 0 Å². The van der Waals surface area contributed by atoms with Crippen LogP contribution in [0.3, 0.4) is 0 Å². The summed E-state index contributed by atoms with van der Waals surface area (Å²) in [6, 6.07) is 1.93. The molecule has 1 aliphatic heterocycles. The molecular weight excluding hydrogens is 324 g/mol. The van der Waals surface area contributed by atoms with Gasteiger partial charge in [-0.25, -0.2) is 18.4 Å². The molecule has 0 bridgehead atoms. The Balaban J connectivity index is 2.15. The highest BCUT2D eigenvalue weighted by atomic mass is 35.5. The fourth-order valence-electron chi connectivity index (χ4n) is 2.44. The molecule has 3 atom stereocenters. The average molecular weight is 345 g/mol. The lowest BCUT2D eigenvalue weighted by molar-refractivity contribution is 0.195. The van der Waals surface area contributed by atoms with Crippen molar-refractivity contribution in [3.63, 3.8) is 0 Å². The number of pyridine rings is 1. The lowest BCUT2D eigenvalue weighted by Crippen LogP contribution is -2.28. The van der Waals surface area contributed by atoms with E-state index >= 15 is 0 Å². The highest BCUT2D eigenvalue weighted by molar-refractivity contribution is 7.91. The summed E-state index contributed by atoms with van der Waals surface area (Å²) in [5.74, 6) is 0.520. The van der Waals surface area contributed by atoms with E-state index in [1.165, 1.54) is 6.26 Å². The molecule has 7 heteroatoms. The number of nitrogens with zero attached hydrogens (tertiary/aromatic N) is 2. The fourth-order valence-corrected chi connectivity index (χ4v) is 3.24. The largest absolute Gasteiger partial charge is 0.474 e. The molecule has 122 valence electrons. The fraction of sp³-hybridized carbons (Fsp3) is 0.600. The number of halogens is 1. The Morgan fingerprint density at radius 2 is 2.14 bits per heavy atom. The van der Waals surface area contributed by atoms with Crippen molar-refractivity contribution in [3.05, 3.63) is 28.5 Å². The number of hydrogen-bond acceptors (Lipinski definition) is 5. The zero-order valence-corrected chi connectivity index (χ0v) is 14.8. The molecule has 0 spiro atoms. The van der Waals surface area contributed by atoms with Gasteiger partial charge in [-0.15, -0.1) is 0 Å². The minimum absolute atomic E-state index is 0.0977. The maximum atomic E-state index is 11.5. The Labute approximate surface area is 136 Å². The summed E-state index contributed by atoms with van der Waals surface area (Å²) in [4.78, 5) is 8.61. The second-order valence-corrected chi connectivity index (χ2v) is 8.81. The van der Waals surface area contributed by atoms with Crippen LogP contribution >= 0.6 is 11.6 Å². The normalized spacial score (nSPS) is 20.8. The molecule has 22 heavy (non-hydrogen) atoms. The molecule has 0 radical (unpaired) electrons. The Bertz CT molecular complexity index is 688. The first-order valence-corrected chi connectivity index (χ1v) is 9.58. The van der Waals surface area contributed by atoms with Crippen LogP contribution in [0.2, 0.25) is 5.15 Å². The van der Waals surface area contributed by atoms with Crippen LogP contribution in [-0.2, 0) is 21.0 Å². The standard InChI is InChI=1S/C15H21ClN2O3S/c1-9-5-12-7-14(16)17-8-13(12)15(18-9)21-10(2)6-11(3)22(4,19)20/h7-11H,5-6H2,1-4H3/t9?,10-,11-/m1/s1. The van der Waals surface area contributed by atoms with Gasteiger partial charge in [0.25, 0.3) is 0 Å². The van der Waals surface area contributed by atoms with Gasteiger partial charge in [0, 0.05) is 18.9 Å². The van der Waals surface area contributed by atoms with Crippen LogP contribution in [-0.4, -0.2) is 43.0 Å². The van der Waals surface area contributed by atoms with Crippen molar-refractivity contribution < 1.29 is 13.2 Å². The van der Waals surface area contributed by atoms with Gasteiger partial charge in [-0.3, -0.25) is 0 Å². The van der Waals surface area contributed by atoms with Gasteiger partial charge in [0.2, 0.25) is 5.90 Å². The summed E-state index contributed by atoms with van der Waals surface area (Å²) in [7, 11) is -3.07. The summed E-state index contributed by atoms with van der Waals surface area (Å²) in [5.41, 5.74) is 1.89. The lowest BCUT2D eigenvalue weighted by Gasteiger charge is -2.24. The number of aliphatic imine (C=N–C) groups is 1. The van der Waals surface area contributed by atoms with E-state index < -0.39 is 15.1 Å². The Morgan fingerprint density at radius 3 is 2.77 bits per heavy atom. The van der Waals surface area contributed by atoms with Crippen LogP contribution in [0.1, 0.15) is 38.3 Å². The highest BCUT2D eigenvalue weighted by Crippen LogP contribution is 2.23. The summed E-state index contributed by atoms with van der Waals surface area (Å²) >= 11 is 5.94. The van der Waals surface area contributed by atoms with Crippen molar-refractivity contribution in [2.45, 2.75) is 51.0 Å². The van der Waals surface area contributed by atoms with Gasteiger partial charge in [0.05, 0.1) is 23.0 Å². The Hall–Kier alpha value is -1.14. The van der Waals surface area contributed by atoms with Gasteiger partial charge in [-0.1, -0.05) is 11.6 Å². The number of rotatable bonds is 4. The molecule has 0 aromatic carbocycles. The van der Waals surface area contributed by atoms with E-state index in [-0.39, 0.29) is 12.1 Å². The second kappa shape index (κ2) is 6.54. The predicted molar refractivity (Wildman–Crippen MR) is 88.4 cm³/mol. The maximum absolute atomic E-state index is 11.5. The number of aromatic nitrogens is 1. The van der Waals surface area contributed by atoms with Crippen molar-refractivity contribution in [3.8, 4) is 0 Å². The van der Waals surface area contributed by atoms with E-state index in [4.69, 9.17) is 16.3 Å². The van der Waals surface area contributed by atoms with Crippen LogP contribution < -0.4 is 0 Å². The first-order chi connectivity index (χ1) is 10.2. The highest BCUT2D eigenvalue weighted by Gasteiger charge is 2.24. The van der Waals surface area contributed by atoms with E-state index in [0.717, 1.165) is 17.5 Å². The quantitative estimate of drug-likeness (QED) is 0.787. The van der Waals surface area contributed by atoms with Crippen LogP contribution in [0.5, 0.6) is 0 Å². The number of sulfone groups is 1. The first kappa shape index (κ1) is 17.2. The van der Waals surface area contributed by atoms with Crippen molar-refractivity contribution in [2.24, 2.45) is 4.99 Å². The molecule has 1 aromatic heterocycles. The minimum Gasteiger partial charge on any atom is -0.474 e. The molecule has 0 fully saturated rings. The third kappa shape index (κ3) is 4.20. The van der Waals surface area contributed by atoms with Gasteiger partial charge in [0.15, 0.2) is 0 Å². The Morgan fingerprint density at radius 1 is 1.45 bits per heavy atom. The van der Waals surface area contributed by atoms with Gasteiger partial charge in [0.1, 0.15) is 15.0 Å². The SMILES string of the molecule is CC1Cc2cc(Cl)ncc2C(O[C@H](C)C[C@@H](C)S(C)(=O)=O)=N1. The summed E-state index contributed by atoms with van der Waals surface area (Å²) < 4.78 is 29.0. The summed E-state index contributed by atoms with van der Waals surface area (Å²) in [6.45, 7) is 5.55. The zero-order valence-electron chi connectivity index (χ0n) is 13.2. The molecule has 0 saturated heterocycles. The van der Waals surface area contributed by atoms with E-state index in [9.17, 15) is 8.42 Å². The molecule has 2 heterocycles. The lowest BCUT2D eigenvalue weighted by atomic mass is 10.00. The van der Waals surface area contributed by atoms with Gasteiger partial charge >= 0.3 is 0 Å².